The van der Waals surface area contributed by atoms with Gasteiger partial charge in [-0.1, -0.05) is 54.1 Å². The van der Waals surface area contributed by atoms with Crippen molar-refractivity contribution in [1.29, 1.82) is 0 Å². The van der Waals surface area contributed by atoms with Gasteiger partial charge in [0.1, 0.15) is 12.4 Å². The van der Waals surface area contributed by atoms with Gasteiger partial charge in [-0.05, 0) is 11.6 Å². The number of nitrogens with zero attached hydrogens (tertiary/aromatic N) is 2. The number of aliphatic hydroxyl groups is 1. The lowest BCUT2D eigenvalue weighted by atomic mass is 10.0. The summed E-state index contributed by atoms with van der Waals surface area (Å²) < 4.78 is 20.8. The van der Waals surface area contributed by atoms with Crippen molar-refractivity contribution in [2.45, 2.75) is 19.6 Å². The number of rotatable bonds is 6. The van der Waals surface area contributed by atoms with Crippen LogP contribution in [0.25, 0.3) is 11.1 Å². The summed E-state index contributed by atoms with van der Waals surface area (Å²) in [4.78, 5) is 6.79. The molecule has 150 valence electrons. The number of aromatic nitrogens is 1. The molecular weight excluding hydrogens is 391 g/mol. The Morgan fingerprint density at radius 1 is 1.07 bits per heavy atom. The van der Waals surface area contributed by atoms with Crippen molar-refractivity contribution < 1.29 is 14.2 Å². The molecule has 6 heteroatoms. The maximum Gasteiger partial charge on any atom is 0.213 e. The van der Waals surface area contributed by atoms with E-state index >= 15 is 4.39 Å². The van der Waals surface area contributed by atoms with Crippen LogP contribution < -0.4 is 4.74 Å². The Bertz CT molecular complexity index is 1010. The van der Waals surface area contributed by atoms with Crippen molar-refractivity contribution in [2.75, 3.05) is 19.7 Å². The predicted molar refractivity (Wildman–Crippen MR) is 111 cm³/mol. The van der Waals surface area contributed by atoms with Crippen LogP contribution in [0.2, 0.25) is 5.02 Å². The lowest BCUT2D eigenvalue weighted by molar-refractivity contribution is 0.183. The molecule has 1 N–H and O–H groups in total. The third-order valence-corrected chi connectivity index (χ3v) is 5.47. The highest BCUT2D eigenvalue weighted by Crippen LogP contribution is 2.31. The van der Waals surface area contributed by atoms with Gasteiger partial charge in [0, 0.05) is 53.8 Å². The maximum atomic E-state index is 15.0. The second kappa shape index (κ2) is 8.91. The van der Waals surface area contributed by atoms with Gasteiger partial charge in [-0.2, -0.15) is 0 Å². The molecule has 0 saturated carbocycles. The number of aliphatic hydroxyl groups excluding tert-OH is 1. The first-order chi connectivity index (χ1) is 14.2. The highest BCUT2D eigenvalue weighted by Gasteiger charge is 2.18. The number of hydrogen-bond acceptors (Lipinski definition) is 4. The monoisotopic (exact) mass is 412 g/mol. The lowest BCUT2D eigenvalue weighted by Crippen LogP contribution is -2.33. The molecule has 0 amide bonds. The van der Waals surface area contributed by atoms with Crippen LogP contribution in [0.15, 0.2) is 54.6 Å². The SMILES string of the molecule is OCCN1CCc2nc(OCc3cccc(-c4ccccc4Cl)c3F)ccc2C1. The summed E-state index contributed by atoms with van der Waals surface area (Å²) in [6.07, 6.45) is 0.808. The molecule has 4 nitrogen and oxygen atoms in total. The molecule has 0 unspecified atom stereocenters. The minimum absolute atomic E-state index is 0.0898. The minimum Gasteiger partial charge on any atom is -0.473 e. The van der Waals surface area contributed by atoms with Crippen molar-refractivity contribution in [3.8, 4) is 17.0 Å². The van der Waals surface area contributed by atoms with Gasteiger partial charge >= 0.3 is 0 Å². The minimum atomic E-state index is -0.335. The van der Waals surface area contributed by atoms with Gasteiger partial charge in [-0.15, -0.1) is 0 Å². The van der Waals surface area contributed by atoms with Crippen molar-refractivity contribution >= 4 is 11.6 Å². The molecule has 0 spiro atoms. The number of hydrogen-bond donors (Lipinski definition) is 1. The zero-order chi connectivity index (χ0) is 20.2. The summed E-state index contributed by atoms with van der Waals surface area (Å²) in [6, 6.07) is 16.3. The Labute approximate surface area is 174 Å². The van der Waals surface area contributed by atoms with Crippen LogP contribution in [0.4, 0.5) is 4.39 Å². The molecule has 0 aliphatic carbocycles. The first kappa shape index (κ1) is 19.8. The molecule has 1 aromatic heterocycles. The average molecular weight is 413 g/mol. The predicted octanol–water partition coefficient (Wildman–Crippen LogP) is 4.47. The van der Waals surface area contributed by atoms with E-state index in [-0.39, 0.29) is 19.0 Å². The van der Waals surface area contributed by atoms with Crippen LogP contribution in [0.3, 0.4) is 0 Å². The van der Waals surface area contributed by atoms with Crippen LogP contribution in [0, 0.1) is 5.82 Å². The molecule has 3 aromatic rings. The summed E-state index contributed by atoms with van der Waals surface area (Å²) >= 11 is 6.23. The van der Waals surface area contributed by atoms with Gasteiger partial charge in [0.15, 0.2) is 0 Å². The number of fused-ring (bicyclic) bond motifs is 1. The Morgan fingerprint density at radius 2 is 1.90 bits per heavy atom. The van der Waals surface area contributed by atoms with Gasteiger partial charge < -0.3 is 9.84 Å². The van der Waals surface area contributed by atoms with E-state index in [4.69, 9.17) is 21.4 Å². The maximum absolute atomic E-state index is 15.0. The first-order valence-corrected chi connectivity index (χ1v) is 10.0. The highest BCUT2D eigenvalue weighted by atomic mass is 35.5. The topological polar surface area (TPSA) is 45.6 Å². The number of β-amino-alcohol motifs (C(OH)–C–C–N with tert-alkyl or cyclic N) is 1. The van der Waals surface area contributed by atoms with E-state index in [1.165, 1.54) is 0 Å². The summed E-state index contributed by atoms with van der Waals surface area (Å²) in [7, 11) is 0. The van der Waals surface area contributed by atoms with Crippen molar-refractivity contribution in [2.24, 2.45) is 0 Å². The Morgan fingerprint density at radius 3 is 2.72 bits per heavy atom. The van der Waals surface area contributed by atoms with Gasteiger partial charge in [0.05, 0.1) is 12.3 Å². The van der Waals surface area contributed by atoms with Crippen LogP contribution in [0.5, 0.6) is 5.88 Å². The van der Waals surface area contributed by atoms with Crippen LogP contribution in [-0.4, -0.2) is 34.7 Å². The standard InChI is InChI=1S/C23H22ClFN2O2/c24-20-7-2-1-5-18(20)19-6-3-4-17(23(19)25)15-29-22-9-8-16-14-27(12-13-28)11-10-21(16)26-22/h1-9,28H,10-15H2. The largest absolute Gasteiger partial charge is 0.473 e. The van der Waals surface area contributed by atoms with E-state index in [1.54, 1.807) is 30.3 Å². The third kappa shape index (κ3) is 4.42. The molecule has 0 saturated heterocycles. The second-order valence-corrected chi connectivity index (χ2v) is 7.46. The van der Waals surface area contributed by atoms with E-state index in [9.17, 15) is 0 Å². The molecular formula is C23H22ClFN2O2. The molecule has 4 rings (SSSR count). The molecule has 2 heterocycles. The van der Waals surface area contributed by atoms with Gasteiger partial charge in [0.2, 0.25) is 5.88 Å². The molecule has 0 radical (unpaired) electrons. The first-order valence-electron chi connectivity index (χ1n) is 9.63. The number of pyridine rings is 1. The molecule has 2 aromatic carbocycles. The Kier molecular flexibility index (Phi) is 6.09. The zero-order valence-electron chi connectivity index (χ0n) is 15.9. The van der Waals surface area contributed by atoms with Gasteiger partial charge in [0.25, 0.3) is 0 Å². The zero-order valence-corrected chi connectivity index (χ0v) is 16.7. The summed E-state index contributed by atoms with van der Waals surface area (Å²) in [5.74, 6) is 0.153. The van der Waals surface area contributed by atoms with Crippen LogP contribution in [0.1, 0.15) is 16.8 Å². The third-order valence-electron chi connectivity index (χ3n) is 5.14. The quantitative estimate of drug-likeness (QED) is 0.648. The van der Waals surface area contributed by atoms with Crippen LogP contribution in [-0.2, 0) is 19.6 Å². The van der Waals surface area contributed by atoms with Gasteiger partial charge in [-0.3, -0.25) is 4.90 Å². The molecule has 1 aliphatic heterocycles. The Hall–Kier alpha value is -2.47. The van der Waals surface area contributed by atoms with Crippen molar-refractivity contribution in [3.63, 3.8) is 0 Å². The molecule has 0 bridgehead atoms. The summed E-state index contributed by atoms with van der Waals surface area (Å²) in [5, 5.41) is 9.61. The Balaban J connectivity index is 1.49. The van der Waals surface area contributed by atoms with Crippen molar-refractivity contribution in [3.05, 3.63) is 82.3 Å². The van der Waals surface area contributed by atoms with Crippen molar-refractivity contribution in [1.82, 2.24) is 9.88 Å². The smallest absolute Gasteiger partial charge is 0.213 e. The number of benzene rings is 2. The normalized spacial score (nSPS) is 13.9. The lowest BCUT2D eigenvalue weighted by Gasteiger charge is -2.27. The van der Waals surface area contributed by atoms with E-state index < -0.39 is 0 Å². The fraction of sp³-hybridized carbons (Fsp3) is 0.261. The van der Waals surface area contributed by atoms with E-state index in [0.29, 0.717) is 34.1 Å². The summed E-state index contributed by atoms with van der Waals surface area (Å²) in [6.45, 7) is 2.55. The fourth-order valence-corrected chi connectivity index (χ4v) is 3.84. The molecule has 0 atom stereocenters. The average Bonchev–Trinajstić information content (AvgIpc) is 2.74. The fourth-order valence-electron chi connectivity index (χ4n) is 3.60. The van der Waals surface area contributed by atoms with E-state index in [2.05, 4.69) is 9.88 Å². The molecule has 0 fully saturated rings. The second-order valence-electron chi connectivity index (χ2n) is 7.05. The van der Waals surface area contributed by atoms with Gasteiger partial charge in [-0.25, -0.2) is 9.37 Å². The highest BCUT2D eigenvalue weighted by molar-refractivity contribution is 6.33. The summed E-state index contributed by atoms with van der Waals surface area (Å²) in [5.41, 5.74) is 3.72. The molecule has 29 heavy (non-hydrogen) atoms. The number of halogens is 2. The van der Waals surface area contributed by atoms with E-state index in [1.807, 2.05) is 24.3 Å². The van der Waals surface area contributed by atoms with E-state index in [0.717, 1.165) is 30.8 Å². The molecule has 1 aliphatic rings. The number of ether oxygens (including phenoxy) is 1. The van der Waals surface area contributed by atoms with Crippen LogP contribution >= 0.6 is 11.6 Å².